The third-order valence-corrected chi connectivity index (χ3v) is 14.8. The Kier molecular flexibility index (Phi) is 6.64. The van der Waals surface area contributed by atoms with Gasteiger partial charge in [-0.05, 0) is 0 Å². The van der Waals surface area contributed by atoms with Crippen LogP contribution < -0.4 is 13.1 Å². The monoisotopic (exact) mass is 404 g/mol. The van der Waals surface area contributed by atoms with Crippen LogP contribution in [0.15, 0.2) is 91.0 Å². The topological polar surface area (TPSA) is 0 Å². The number of unbranched alkanes of at least 4 members (excludes halogenated alkanes) is 2. The van der Waals surface area contributed by atoms with Crippen LogP contribution in [-0.2, 0) is 0 Å². The van der Waals surface area contributed by atoms with Crippen LogP contribution in [0.25, 0.3) is 0 Å². The maximum absolute atomic E-state index is 2.63. The first-order valence-corrected chi connectivity index (χ1v) is 13.4. The van der Waals surface area contributed by atoms with E-state index in [1.54, 1.807) is 4.30 Å². The Morgan fingerprint density at radius 3 is 1.35 bits per heavy atom. The summed E-state index contributed by atoms with van der Waals surface area (Å²) in [4.78, 5) is 0. The van der Waals surface area contributed by atoms with Crippen molar-refractivity contribution in [2.24, 2.45) is 0 Å². The van der Waals surface area contributed by atoms with Crippen LogP contribution in [0, 0.1) is 0 Å². The van der Waals surface area contributed by atoms with E-state index in [1.165, 1.54) is 38.7 Å². The van der Waals surface area contributed by atoms with Crippen LogP contribution >= 0.6 is 0 Å². The second-order valence-corrected chi connectivity index (χ2v) is 14.5. The standard InChI is InChI=1S/C25H29As/c1-3-4-8-15-22(2)26(23-16-9-5-10-17-23,24-18-11-6-12-19-24)25-20-13-7-14-21-25/h5-7,9-14,16-21H,3-4,8,15H2,1-2H3. The molecule has 0 amide bonds. The summed E-state index contributed by atoms with van der Waals surface area (Å²) in [5.41, 5.74) is 0. The summed E-state index contributed by atoms with van der Waals surface area (Å²) in [7, 11) is 0. The number of hydrogen-bond acceptors (Lipinski definition) is 0. The first kappa shape index (κ1) is 18.9. The molecule has 3 aromatic rings. The predicted octanol–water partition coefficient (Wildman–Crippen LogP) is 4.51. The molecule has 26 heavy (non-hydrogen) atoms. The van der Waals surface area contributed by atoms with Crippen LogP contribution in [0.2, 0.25) is 0 Å². The molecule has 3 aromatic carbocycles. The van der Waals surface area contributed by atoms with E-state index in [2.05, 4.69) is 105 Å². The zero-order chi connectivity index (χ0) is 18.2. The van der Waals surface area contributed by atoms with Crippen molar-refractivity contribution in [2.75, 3.05) is 0 Å². The second-order valence-electron chi connectivity index (χ2n) is 6.87. The van der Waals surface area contributed by atoms with Gasteiger partial charge >= 0.3 is 161 Å². The molecule has 0 N–H and O–H groups in total. The van der Waals surface area contributed by atoms with Crippen molar-refractivity contribution in [3.05, 3.63) is 91.0 Å². The molecule has 0 atom stereocenters. The van der Waals surface area contributed by atoms with E-state index in [1.807, 2.05) is 0 Å². The quantitative estimate of drug-likeness (QED) is 0.402. The summed E-state index contributed by atoms with van der Waals surface area (Å²) >= 11 is -2.63. The molecule has 134 valence electrons. The number of hydrogen-bond donors (Lipinski definition) is 0. The van der Waals surface area contributed by atoms with Gasteiger partial charge in [0.05, 0.1) is 0 Å². The summed E-state index contributed by atoms with van der Waals surface area (Å²) in [6.07, 6.45) is 5.09. The fourth-order valence-electron chi connectivity index (χ4n) is 3.86. The van der Waals surface area contributed by atoms with Gasteiger partial charge in [-0.1, -0.05) is 0 Å². The normalized spacial score (nSPS) is 11.3. The third kappa shape index (κ3) is 3.76. The van der Waals surface area contributed by atoms with E-state index in [0.717, 1.165) is 0 Å². The van der Waals surface area contributed by atoms with Crippen molar-refractivity contribution in [3.63, 3.8) is 0 Å². The van der Waals surface area contributed by atoms with E-state index in [9.17, 15) is 0 Å². The molecule has 0 unspecified atom stereocenters. The maximum atomic E-state index is 2.43. The second kappa shape index (κ2) is 9.15. The molecule has 0 saturated heterocycles. The van der Waals surface area contributed by atoms with Crippen molar-refractivity contribution in [3.8, 4) is 0 Å². The van der Waals surface area contributed by atoms with E-state index in [-0.39, 0.29) is 0 Å². The molecule has 1 heteroatoms. The number of rotatable bonds is 7. The molecule has 0 aliphatic heterocycles. The van der Waals surface area contributed by atoms with Gasteiger partial charge in [0.1, 0.15) is 0 Å². The van der Waals surface area contributed by atoms with Crippen molar-refractivity contribution < 1.29 is 0 Å². The Morgan fingerprint density at radius 1 is 0.615 bits per heavy atom. The van der Waals surface area contributed by atoms with Gasteiger partial charge < -0.3 is 0 Å². The van der Waals surface area contributed by atoms with Crippen molar-refractivity contribution in [1.29, 1.82) is 0 Å². The fraction of sp³-hybridized carbons (Fsp3) is 0.240. The third-order valence-electron chi connectivity index (χ3n) is 5.15. The van der Waals surface area contributed by atoms with E-state index >= 15 is 0 Å². The van der Waals surface area contributed by atoms with Gasteiger partial charge in [-0.15, -0.1) is 0 Å². The summed E-state index contributed by atoms with van der Waals surface area (Å²) in [5, 5.41) is 0. The van der Waals surface area contributed by atoms with E-state index < -0.39 is 13.1 Å². The molecule has 0 bridgehead atoms. The molecule has 0 aliphatic rings. The molecule has 0 saturated carbocycles. The first-order valence-electron chi connectivity index (χ1n) is 9.69. The fourth-order valence-corrected chi connectivity index (χ4v) is 13.4. The minimum absolute atomic E-state index is 1.22. The van der Waals surface area contributed by atoms with Gasteiger partial charge in [-0.2, -0.15) is 0 Å². The van der Waals surface area contributed by atoms with E-state index in [4.69, 9.17) is 0 Å². The van der Waals surface area contributed by atoms with Gasteiger partial charge in [0.2, 0.25) is 0 Å². The Morgan fingerprint density at radius 2 is 1.00 bits per heavy atom. The molecular formula is C25H29As. The molecule has 0 aromatic heterocycles. The van der Waals surface area contributed by atoms with Crippen LogP contribution in [0.5, 0.6) is 0 Å². The average molecular weight is 404 g/mol. The van der Waals surface area contributed by atoms with Crippen molar-refractivity contribution in [1.82, 2.24) is 0 Å². The Bertz CT molecular complexity index is 745. The van der Waals surface area contributed by atoms with Gasteiger partial charge in [-0.25, -0.2) is 0 Å². The zero-order valence-corrected chi connectivity index (χ0v) is 17.8. The summed E-state index contributed by atoms with van der Waals surface area (Å²) in [6, 6.07) is 33.8. The molecule has 0 aliphatic carbocycles. The Labute approximate surface area is 160 Å². The molecule has 3 rings (SSSR count). The average Bonchev–Trinajstić information content (AvgIpc) is 2.71. The molecule has 0 radical (unpaired) electrons. The van der Waals surface area contributed by atoms with Crippen molar-refractivity contribution in [2.45, 2.75) is 39.5 Å². The minimum atomic E-state index is -2.63. The van der Waals surface area contributed by atoms with Crippen LogP contribution in [0.4, 0.5) is 0 Å². The van der Waals surface area contributed by atoms with Gasteiger partial charge in [0.25, 0.3) is 0 Å². The SMILES string of the molecule is CCCCCC(C)=[As](c1ccccc1)(c1ccccc1)c1ccccc1. The van der Waals surface area contributed by atoms with Crippen molar-refractivity contribution >= 4 is 30.5 Å². The van der Waals surface area contributed by atoms with Crippen LogP contribution in [0.1, 0.15) is 39.5 Å². The van der Waals surface area contributed by atoms with Crippen LogP contribution in [-0.4, -0.2) is 17.4 Å². The van der Waals surface area contributed by atoms with Gasteiger partial charge in [0, 0.05) is 0 Å². The number of benzene rings is 3. The molecule has 0 spiro atoms. The Balaban J connectivity index is 2.34. The van der Waals surface area contributed by atoms with E-state index in [0.29, 0.717) is 0 Å². The summed E-state index contributed by atoms with van der Waals surface area (Å²) in [5.74, 6) is 0. The van der Waals surface area contributed by atoms with Crippen LogP contribution in [0.3, 0.4) is 0 Å². The summed E-state index contributed by atoms with van der Waals surface area (Å²) in [6.45, 7) is 4.71. The predicted molar refractivity (Wildman–Crippen MR) is 119 cm³/mol. The first-order chi connectivity index (χ1) is 12.8. The molecule has 0 fully saturated rings. The molecule has 0 nitrogen and oxygen atoms in total. The molecule has 0 heterocycles. The molecular weight excluding hydrogens is 375 g/mol. The zero-order valence-electron chi connectivity index (χ0n) is 15.9. The Hall–Kier alpha value is -1.91. The van der Waals surface area contributed by atoms with Gasteiger partial charge in [-0.3, -0.25) is 0 Å². The summed E-state index contributed by atoms with van der Waals surface area (Å²) < 4.78 is 6.27. The van der Waals surface area contributed by atoms with Gasteiger partial charge in [0.15, 0.2) is 0 Å².